The summed E-state index contributed by atoms with van der Waals surface area (Å²) in [5, 5.41) is 9.80. The lowest BCUT2D eigenvalue weighted by Gasteiger charge is -2.09. The fraction of sp³-hybridized carbons (Fsp3) is 0.286. The highest BCUT2D eigenvalue weighted by atomic mass is 35.5. The number of carboxylic acids is 1. The summed E-state index contributed by atoms with van der Waals surface area (Å²) in [6.07, 6.45) is 3.11. The molecular weight excluding hydrogens is 362 g/mol. The van der Waals surface area contributed by atoms with Crippen molar-refractivity contribution in [3.05, 3.63) is 58.0 Å². The molecule has 0 aliphatic carbocycles. The number of rotatable bonds is 5. The van der Waals surface area contributed by atoms with Gasteiger partial charge in [-0.05, 0) is 43.2 Å². The Balaban J connectivity index is 1.90. The first-order chi connectivity index (χ1) is 13.0. The molecule has 0 aliphatic heterocycles. The van der Waals surface area contributed by atoms with Gasteiger partial charge in [0.2, 0.25) is 0 Å². The largest absolute Gasteiger partial charge is 0.477 e. The molecule has 0 spiro atoms. The molecule has 2 aromatic heterocycles. The third-order valence-electron chi connectivity index (χ3n) is 4.27. The van der Waals surface area contributed by atoms with Gasteiger partial charge < -0.3 is 9.67 Å². The molecule has 0 atom stereocenters. The fourth-order valence-corrected chi connectivity index (χ4v) is 3.02. The fourth-order valence-electron chi connectivity index (χ4n) is 2.78. The molecule has 5 nitrogen and oxygen atoms in total. The molecular formula is C21H20ClN3O2. The molecule has 138 valence electrons. The van der Waals surface area contributed by atoms with Crippen molar-refractivity contribution >= 4 is 28.7 Å². The first-order valence-corrected chi connectivity index (χ1v) is 9.22. The van der Waals surface area contributed by atoms with E-state index in [1.165, 1.54) is 6.07 Å². The van der Waals surface area contributed by atoms with E-state index in [1.54, 1.807) is 6.07 Å². The molecule has 27 heavy (non-hydrogen) atoms. The van der Waals surface area contributed by atoms with Crippen LogP contribution in [0.2, 0.25) is 5.02 Å². The summed E-state index contributed by atoms with van der Waals surface area (Å²) in [6.45, 7) is 4.47. The number of halogens is 1. The number of fused-ring (bicyclic) bond motifs is 1. The minimum Gasteiger partial charge on any atom is -0.477 e. The Hall–Kier alpha value is -2.84. The van der Waals surface area contributed by atoms with Gasteiger partial charge in [-0.3, -0.25) is 0 Å². The van der Waals surface area contributed by atoms with E-state index in [0.29, 0.717) is 22.7 Å². The van der Waals surface area contributed by atoms with E-state index in [4.69, 9.17) is 11.6 Å². The van der Waals surface area contributed by atoms with Crippen LogP contribution in [-0.4, -0.2) is 25.6 Å². The Labute approximate surface area is 163 Å². The van der Waals surface area contributed by atoms with Crippen molar-refractivity contribution in [2.75, 3.05) is 0 Å². The minimum atomic E-state index is -1.06. The van der Waals surface area contributed by atoms with E-state index in [2.05, 4.69) is 28.7 Å². The number of nitrogens with zero attached hydrogens (tertiary/aromatic N) is 3. The maximum absolute atomic E-state index is 11.2. The maximum atomic E-state index is 11.2. The van der Waals surface area contributed by atoms with E-state index >= 15 is 0 Å². The molecule has 0 amide bonds. The van der Waals surface area contributed by atoms with Gasteiger partial charge >= 0.3 is 5.97 Å². The van der Waals surface area contributed by atoms with Crippen LogP contribution < -0.4 is 0 Å². The first-order valence-electron chi connectivity index (χ1n) is 8.84. The van der Waals surface area contributed by atoms with Gasteiger partial charge in [-0.25, -0.2) is 14.8 Å². The number of carboxylic acid groups (broad SMARTS) is 1. The number of unbranched alkanes of at least 4 members (excludes halogenated alkanes) is 2. The van der Waals surface area contributed by atoms with Gasteiger partial charge in [0, 0.05) is 17.0 Å². The van der Waals surface area contributed by atoms with E-state index in [1.807, 2.05) is 29.7 Å². The van der Waals surface area contributed by atoms with Crippen molar-refractivity contribution in [3.63, 3.8) is 0 Å². The van der Waals surface area contributed by atoms with Gasteiger partial charge in [0.25, 0.3) is 0 Å². The highest BCUT2D eigenvalue weighted by Gasteiger charge is 2.14. The zero-order valence-corrected chi connectivity index (χ0v) is 16.0. The SMILES string of the molecule is CCCCC#Cc1ccc(Cn2c(C)nc3ccc(C(=O)O)nc32)c(Cl)c1. The standard InChI is InChI=1S/C21H20ClN3O2/c1-3-4-5-6-7-15-8-9-16(17(22)12-15)13-25-14(2)23-18-10-11-19(21(26)27)24-20(18)25/h8-12H,3-5,13H2,1-2H3,(H,26,27). The molecule has 0 bridgehead atoms. The normalized spacial score (nSPS) is 10.6. The summed E-state index contributed by atoms with van der Waals surface area (Å²) in [5.74, 6) is 5.98. The number of aryl methyl sites for hydroxylation is 1. The number of carbonyl (C=O) groups is 1. The number of aromatic carboxylic acids is 1. The number of hydrogen-bond acceptors (Lipinski definition) is 3. The quantitative estimate of drug-likeness (QED) is 0.514. The molecule has 0 unspecified atom stereocenters. The van der Waals surface area contributed by atoms with E-state index in [9.17, 15) is 9.90 Å². The van der Waals surface area contributed by atoms with Crippen molar-refractivity contribution < 1.29 is 9.90 Å². The lowest BCUT2D eigenvalue weighted by molar-refractivity contribution is 0.0691. The second-order valence-electron chi connectivity index (χ2n) is 6.30. The van der Waals surface area contributed by atoms with Crippen LogP contribution in [0.25, 0.3) is 11.2 Å². The number of imidazole rings is 1. The molecule has 3 aromatic rings. The second kappa shape index (κ2) is 8.24. The van der Waals surface area contributed by atoms with Crippen LogP contribution in [0.3, 0.4) is 0 Å². The molecule has 0 saturated carbocycles. The van der Waals surface area contributed by atoms with Gasteiger partial charge in [-0.2, -0.15) is 0 Å². The van der Waals surface area contributed by atoms with Gasteiger partial charge in [0.15, 0.2) is 11.3 Å². The lowest BCUT2D eigenvalue weighted by atomic mass is 10.1. The van der Waals surface area contributed by atoms with Crippen molar-refractivity contribution in [1.82, 2.24) is 14.5 Å². The molecule has 0 aliphatic rings. The Morgan fingerprint density at radius 3 is 2.78 bits per heavy atom. The molecule has 2 heterocycles. The van der Waals surface area contributed by atoms with Gasteiger partial charge in [-0.1, -0.05) is 42.9 Å². The average Bonchev–Trinajstić information content (AvgIpc) is 2.95. The summed E-state index contributed by atoms with van der Waals surface area (Å²) in [4.78, 5) is 19.9. The molecule has 0 fully saturated rings. The highest BCUT2D eigenvalue weighted by Crippen LogP contribution is 2.22. The molecule has 0 radical (unpaired) electrons. The topological polar surface area (TPSA) is 68.0 Å². The Kier molecular flexibility index (Phi) is 5.78. The number of pyridine rings is 1. The monoisotopic (exact) mass is 381 g/mol. The third kappa shape index (κ3) is 4.29. The minimum absolute atomic E-state index is 0.00699. The van der Waals surface area contributed by atoms with E-state index in [-0.39, 0.29) is 5.69 Å². The van der Waals surface area contributed by atoms with Crippen LogP contribution in [0, 0.1) is 18.8 Å². The summed E-state index contributed by atoms with van der Waals surface area (Å²) >= 11 is 6.46. The van der Waals surface area contributed by atoms with Crippen molar-refractivity contribution in [3.8, 4) is 11.8 Å². The van der Waals surface area contributed by atoms with Crippen LogP contribution in [0.15, 0.2) is 30.3 Å². The van der Waals surface area contributed by atoms with Gasteiger partial charge in [-0.15, -0.1) is 0 Å². The van der Waals surface area contributed by atoms with Crippen LogP contribution in [0.4, 0.5) is 0 Å². The molecule has 1 N–H and O–H groups in total. The number of aromatic nitrogens is 3. The molecule has 1 aromatic carbocycles. The smallest absolute Gasteiger partial charge is 0.354 e. The predicted octanol–water partition coefficient (Wildman–Crippen LogP) is 4.68. The molecule has 6 heteroatoms. The van der Waals surface area contributed by atoms with Crippen molar-refractivity contribution in [1.29, 1.82) is 0 Å². The summed E-state index contributed by atoms with van der Waals surface area (Å²) in [5.41, 5.74) is 2.98. The number of benzene rings is 1. The third-order valence-corrected chi connectivity index (χ3v) is 4.62. The zero-order valence-electron chi connectivity index (χ0n) is 15.3. The van der Waals surface area contributed by atoms with E-state index < -0.39 is 5.97 Å². The first kappa shape index (κ1) is 18.9. The van der Waals surface area contributed by atoms with Gasteiger partial charge in [0.1, 0.15) is 11.3 Å². The molecule has 0 saturated heterocycles. The Morgan fingerprint density at radius 2 is 2.07 bits per heavy atom. The summed E-state index contributed by atoms with van der Waals surface area (Å²) in [6, 6.07) is 8.88. The Bertz CT molecular complexity index is 1060. The van der Waals surface area contributed by atoms with E-state index in [0.717, 1.165) is 36.2 Å². The highest BCUT2D eigenvalue weighted by molar-refractivity contribution is 6.31. The lowest BCUT2D eigenvalue weighted by Crippen LogP contribution is -2.06. The van der Waals surface area contributed by atoms with Crippen LogP contribution in [0.5, 0.6) is 0 Å². The predicted molar refractivity (Wildman–Crippen MR) is 106 cm³/mol. The molecule has 3 rings (SSSR count). The van der Waals surface area contributed by atoms with Crippen molar-refractivity contribution in [2.45, 2.75) is 39.7 Å². The average molecular weight is 382 g/mol. The maximum Gasteiger partial charge on any atom is 0.354 e. The number of hydrogen-bond donors (Lipinski definition) is 1. The second-order valence-corrected chi connectivity index (χ2v) is 6.71. The van der Waals surface area contributed by atoms with Crippen molar-refractivity contribution in [2.24, 2.45) is 0 Å². The van der Waals surface area contributed by atoms with Crippen LogP contribution in [0.1, 0.15) is 53.6 Å². The van der Waals surface area contributed by atoms with Crippen LogP contribution in [-0.2, 0) is 6.54 Å². The summed E-state index contributed by atoms with van der Waals surface area (Å²) in [7, 11) is 0. The zero-order chi connectivity index (χ0) is 19.4. The summed E-state index contributed by atoms with van der Waals surface area (Å²) < 4.78 is 1.87. The van der Waals surface area contributed by atoms with Gasteiger partial charge in [0.05, 0.1) is 6.54 Å². The Morgan fingerprint density at radius 1 is 1.26 bits per heavy atom. The van der Waals surface area contributed by atoms with Crippen LogP contribution >= 0.6 is 11.6 Å².